The topological polar surface area (TPSA) is 40.5 Å². The van der Waals surface area contributed by atoms with Crippen LogP contribution in [0.1, 0.15) is 105 Å². The van der Waals surface area contributed by atoms with Crippen LogP contribution in [0.15, 0.2) is 23.8 Å². The monoisotopic (exact) mass is 414 g/mol. The van der Waals surface area contributed by atoms with Gasteiger partial charge in [0.25, 0.3) is 0 Å². The Bertz CT molecular complexity index is 691. The molecule has 0 spiro atoms. The third kappa shape index (κ3) is 3.54. The summed E-state index contributed by atoms with van der Waals surface area (Å²) in [4.78, 5) is 0. The zero-order valence-corrected chi connectivity index (χ0v) is 20.1. The second-order valence-corrected chi connectivity index (χ2v) is 12.1. The maximum absolute atomic E-state index is 11.7. The summed E-state index contributed by atoms with van der Waals surface area (Å²) in [5, 5.41) is 21.9. The van der Waals surface area contributed by atoms with Crippen molar-refractivity contribution in [3.8, 4) is 0 Å². The lowest BCUT2D eigenvalue weighted by molar-refractivity contribution is -0.115. The molecule has 0 amide bonds. The maximum Gasteiger partial charge on any atom is 0.0653 e. The highest BCUT2D eigenvalue weighted by Gasteiger charge is 2.62. The molecule has 4 aliphatic carbocycles. The highest BCUT2D eigenvalue weighted by atomic mass is 16.3. The largest absolute Gasteiger partial charge is 0.393 e. The predicted octanol–water partition coefficient (Wildman–Crippen LogP) is 6.81. The van der Waals surface area contributed by atoms with Crippen LogP contribution in [0.3, 0.4) is 0 Å². The fourth-order valence-electron chi connectivity index (χ4n) is 8.99. The lowest BCUT2D eigenvalue weighted by Crippen LogP contribution is -2.53. The van der Waals surface area contributed by atoms with E-state index in [0.717, 1.165) is 56.3 Å². The quantitative estimate of drug-likeness (QED) is 0.468. The van der Waals surface area contributed by atoms with E-state index in [0.29, 0.717) is 16.7 Å². The van der Waals surface area contributed by atoms with Gasteiger partial charge in [-0.1, -0.05) is 31.1 Å². The van der Waals surface area contributed by atoms with E-state index in [1.165, 1.54) is 44.1 Å². The molecular weight excluding hydrogens is 368 g/mol. The summed E-state index contributed by atoms with van der Waals surface area (Å²) >= 11 is 0. The zero-order valence-electron chi connectivity index (χ0n) is 20.1. The summed E-state index contributed by atoms with van der Waals surface area (Å²) in [6.07, 6.45) is 16.0. The van der Waals surface area contributed by atoms with Crippen LogP contribution >= 0.6 is 0 Å². The number of fused-ring (bicyclic) bond motifs is 5. The van der Waals surface area contributed by atoms with Gasteiger partial charge in [0.05, 0.1) is 11.7 Å². The lowest BCUT2D eigenvalue weighted by Gasteiger charge is -2.59. The van der Waals surface area contributed by atoms with E-state index in [1.54, 1.807) is 5.57 Å². The van der Waals surface area contributed by atoms with Crippen LogP contribution in [0.5, 0.6) is 0 Å². The van der Waals surface area contributed by atoms with Gasteiger partial charge in [-0.05, 0) is 125 Å². The molecule has 3 fully saturated rings. The van der Waals surface area contributed by atoms with E-state index < -0.39 is 5.60 Å². The van der Waals surface area contributed by atoms with E-state index in [4.69, 9.17) is 0 Å². The molecule has 7 unspecified atom stereocenters. The minimum atomic E-state index is -0.554. The van der Waals surface area contributed by atoms with Crippen molar-refractivity contribution in [1.82, 2.24) is 0 Å². The molecule has 2 heteroatoms. The highest BCUT2D eigenvalue weighted by molar-refractivity contribution is 5.25. The SMILES string of the molecule is C=C(C)CCC[C@](C)(O)C1CCC2C3CC=C4CC(O)CCC4(C)C3CCC21CC. The number of allylic oxidation sites excluding steroid dienone is 2. The molecule has 0 aliphatic heterocycles. The minimum Gasteiger partial charge on any atom is -0.393 e. The van der Waals surface area contributed by atoms with Gasteiger partial charge in [0.15, 0.2) is 0 Å². The highest BCUT2D eigenvalue weighted by Crippen LogP contribution is 2.68. The van der Waals surface area contributed by atoms with Gasteiger partial charge in [-0.3, -0.25) is 0 Å². The van der Waals surface area contributed by atoms with Crippen LogP contribution in [0, 0.1) is 34.5 Å². The number of rotatable bonds is 6. The first-order valence-electron chi connectivity index (χ1n) is 12.9. The van der Waals surface area contributed by atoms with Gasteiger partial charge in [0, 0.05) is 0 Å². The Balaban J connectivity index is 1.57. The van der Waals surface area contributed by atoms with Gasteiger partial charge in [0.1, 0.15) is 0 Å². The Hall–Kier alpha value is -0.600. The molecule has 4 rings (SSSR count). The molecule has 0 saturated heterocycles. The van der Waals surface area contributed by atoms with Crippen LogP contribution in [-0.4, -0.2) is 21.9 Å². The smallest absolute Gasteiger partial charge is 0.0653 e. The average molecular weight is 415 g/mol. The lowest BCUT2D eigenvalue weighted by atomic mass is 9.46. The van der Waals surface area contributed by atoms with Crippen molar-refractivity contribution in [1.29, 1.82) is 0 Å². The van der Waals surface area contributed by atoms with Crippen molar-refractivity contribution in [3.63, 3.8) is 0 Å². The van der Waals surface area contributed by atoms with Crippen LogP contribution in [0.4, 0.5) is 0 Å². The Morgan fingerprint density at radius 1 is 1.20 bits per heavy atom. The zero-order chi connectivity index (χ0) is 21.7. The van der Waals surface area contributed by atoms with E-state index in [2.05, 4.69) is 40.3 Å². The van der Waals surface area contributed by atoms with Crippen LogP contribution in [-0.2, 0) is 0 Å². The number of hydrogen-bond donors (Lipinski definition) is 2. The normalized spacial score (nSPS) is 45.0. The third-order valence-corrected chi connectivity index (χ3v) is 10.5. The van der Waals surface area contributed by atoms with Gasteiger partial charge in [0.2, 0.25) is 0 Å². The first kappa shape index (κ1) is 22.6. The molecular formula is C28H46O2. The van der Waals surface area contributed by atoms with Crippen molar-refractivity contribution in [2.75, 3.05) is 0 Å². The summed E-state index contributed by atoms with van der Waals surface area (Å²) in [7, 11) is 0. The fourth-order valence-corrected chi connectivity index (χ4v) is 8.99. The summed E-state index contributed by atoms with van der Waals surface area (Å²) in [6, 6.07) is 0. The van der Waals surface area contributed by atoms with Crippen molar-refractivity contribution >= 4 is 0 Å². The predicted molar refractivity (Wildman–Crippen MR) is 125 cm³/mol. The fraction of sp³-hybridized carbons (Fsp3) is 0.857. The first-order chi connectivity index (χ1) is 14.1. The Labute approximate surface area is 185 Å². The molecule has 30 heavy (non-hydrogen) atoms. The van der Waals surface area contributed by atoms with Gasteiger partial charge in [-0.2, -0.15) is 0 Å². The summed E-state index contributed by atoms with van der Waals surface area (Å²) in [5.41, 5.74) is 2.87. The second kappa shape index (κ2) is 8.07. The molecule has 170 valence electrons. The summed E-state index contributed by atoms with van der Waals surface area (Å²) in [6.45, 7) is 13.2. The van der Waals surface area contributed by atoms with E-state index in [9.17, 15) is 10.2 Å². The van der Waals surface area contributed by atoms with Gasteiger partial charge in [-0.25, -0.2) is 0 Å². The van der Waals surface area contributed by atoms with Crippen LogP contribution in [0.25, 0.3) is 0 Å². The number of hydrogen-bond acceptors (Lipinski definition) is 2. The van der Waals surface area contributed by atoms with Crippen molar-refractivity contribution in [2.45, 2.75) is 116 Å². The molecule has 3 saturated carbocycles. The van der Waals surface area contributed by atoms with Gasteiger partial charge < -0.3 is 10.2 Å². The first-order valence-corrected chi connectivity index (χ1v) is 12.9. The molecule has 4 aliphatic rings. The van der Waals surface area contributed by atoms with Gasteiger partial charge >= 0.3 is 0 Å². The molecule has 0 aromatic heterocycles. The maximum atomic E-state index is 11.7. The number of aliphatic hydroxyl groups excluding tert-OH is 1. The van der Waals surface area contributed by atoms with Crippen LogP contribution in [0.2, 0.25) is 0 Å². The molecule has 0 radical (unpaired) electrons. The summed E-state index contributed by atoms with van der Waals surface area (Å²) < 4.78 is 0. The van der Waals surface area contributed by atoms with E-state index in [1.807, 2.05) is 0 Å². The van der Waals surface area contributed by atoms with E-state index >= 15 is 0 Å². The van der Waals surface area contributed by atoms with Crippen molar-refractivity contribution in [3.05, 3.63) is 23.8 Å². The Morgan fingerprint density at radius 2 is 1.97 bits per heavy atom. The van der Waals surface area contributed by atoms with E-state index in [-0.39, 0.29) is 6.10 Å². The molecule has 8 atom stereocenters. The average Bonchev–Trinajstić information content (AvgIpc) is 3.09. The molecule has 0 aromatic carbocycles. The molecule has 0 aromatic rings. The minimum absolute atomic E-state index is 0.121. The summed E-state index contributed by atoms with van der Waals surface area (Å²) in [5.74, 6) is 2.76. The Kier molecular flexibility index (Phi) is 6.08. The second-order valence-electron chi connectivity index (χ2n) is 12.1. The molecule has 2 N–H and O–H groups in total. The molecule has 0 bridgehead atoms. The van der Waals surface area contributed by atoms with Crippen molar-refractivity contribution < 1.29 is 10.2 Å². The van der Waals surface area contributed by atoms with Gasteiger partial charge in [-0.15, -0.1) is 6.58 Å². The Morgan fingerprint density at radius 3 is 2.67 bits per heavy atom. The molecule has 0 heterocycles. The van der Waals surface area contributed by atoms with Crippen LogP contribution < -0.4 is 0 Å². The van der Waals surface area contributed by atoms with Crippen molar-refractivity contribution in [2.24, 2.45) is 34.5 Å². The molecule has 2 nitrogen and oxygen atoms in total. The third-order valence-electron chi connectivity index (χ3n) is 10.5. The standard InChI is InChI=1S/C28H46O2/c1-6-28-17-14-23-22(10-9-20-18-21(29)13-16-26(20,23)4)24(28)11-12-25(28)27(5,30)15-7-8-19(2)3/h9,21-25,29-30H,2,6-8,10-18H2,1,3-5H3/t21?,22?,23?,24?,25?,26?,27-,28?/m0/s1. The number of aliphatic hydroxyl groups is 2.